The molecule has 0 bridgehead atoms. The predicted octanol–water partition coefficient (Wildman–Crippen LogP) is 4.48. The lowest BCUT2D eigenvalue weighted by atomic mass is 9.78. The van der Waals surface area contributed by atoms with E-state index in [-0.39, 0.29) is 0 Å². The number of likely N-dealkylation sites (tertiary alicyclic amines) is 2. The molecule has 0 aliphatic carbocycles. The molecule has 0 radical (unpaired) electrons. The summed E-state index contributed by atoms with van der Waals surface area (Å²) >= 11 is 0. The number of benzene rings is 1. The lowest BCUT2D eigenvalue weighted by molar-refractivity contribution is 0.0904. The van der Waals surface area contributed by atoms with Gasteiger partial charge in [-0.15, -0.1) is 0 Å². The Morgan fingerprint density at radius 2 is 1.36 bits per heavy atom. The van der Waals surface area contributed by atoms with Gasteiger partial charge in [0.2, 0.25) is 0 Å². The average Bonchev–Trinajstić information content (AvgIpc) is 2.69. The molecule has 2 saturated heterocycles. The molecule has 0 amide bonds. The average molecular weight is 386 g/mol. The van der Waals surface area contributed by atoms with E-state index in [0.29, 0.717) is 6.54 Å². The van der Waals surface area contributed by atoms with E-state index in [4.69, 9.17) is 0 Å². The van der Waals surface area contributed by atoms with E-state index in [1.165, 1.54) is 37.8 Å². The van der Waals surface area contributed by atoms with Gasteiger partial charge in [-0.3, -0.25) is 14.8 Å². The molecule has 2 fully saturated rings. The number of nitrogens with zero attached hydrogens (tertiary/aromatic N) is 3. The Morgan fingerprint density at radius 1 is 0.786 bits per heavy atom. The van der Waals surface area contributed by atoms with E-state index in [9.17, 15) is 8.78 Å². The SMILES string of the molecule is Fc1cc(F)cc(CN2CCC(C3CCN(Cc4ccccn4)CC3)CC2)c1. The third-order valence-electron chi connectivity index (χ3n) is 6.37. The highest BCUT2D eigenvalue weighted by Crippen LogP contribution is 2.33. The molecule has 0 saturated carbocycles. The molecule has 3 nitrogen and oxygen atoms in total. The smallest absolute Gasteiger partial charge is 0.126 e. The molecule has 5 heteroatoms. The zero-order chi connectivity index (χ0) is 19.3. The van der Waals surface area contributed by atoms with Crippen LogP contribution in [0.25, 0.3) is 0 Å². The number of rotatable bonds is 5. The summed E-state index contributed by atoms with van der Waals surface area (Å²) in [6.07, 6.45) is 6.80. The quantitative estimate of drug-likeness (QED) is 0.756. The summed E-state index contributed by atoms with van der Waals surface area (Å²) in [7, 11) is 0. The highest BCUT2D eigenvalue weighted by atomic mass is 19.1. The van der Waals surface area contributed by atoms with Crippen LogP contribution >= 0.6 is 0 Å². The molecule has 150 valence electrons. The lowest BCUT2D eigenvalue weighted by Gasteiger charge is -2.40. The zero-order valence-electron chi connectivity index (χ0n) is 16.4. The second kappa shape index (κ2) is 9.10. The fraction of sp³-hybridized carbons (Fsp3) is 0.522. The Hall–Kier alpha value is -1.85. The van der Waals surface area contributed by atoms with Gasteiger partial charge in [-0.05, 0) is 93.5 Å². The molecule has 0 spiro atoms. The number of pyridine rings is 1. The first kappa shape index (κ1) is 19.5. The van der Waals surface area contributed by atoms with Crippen molar-refractivity contribution in [2.45, 2.75) is 38.8 Å². The Kier molecular flexibility index (Phi) is 6.33. The van der Waals surface area contributed by atoms with E-state index in [2.05, 4.69) is 26.9 Å². The van der Waals surface area contributed by atoms with Crippen molar-refractivity contribution in [3.05, 3.63) is 65.5 Å². The maximum Gasteiger partial charge on any atom is 0.126 e. The van der Waals surface area contributed by atoms with Gasteiger partial charge >= 0.3 is 0 Å². The molecule has 2 aromatic rings. The summed E-state index contributed by atoms with van der Waals surface area (Å²) in [5.74, 6) is 0.635. The highest BCUT2D eigenvalue weighted by Gasteiger charge is 2.29. The number of hydrogen-bond acceptors (Lipinski definition) is 3. The van der Waals surface area contributed by atoms with Crippen LogP contribution in [0.3, 0.4) is 0 Å². The summed E-state index contributed by atoms with van der Waals surface area (Å²) in [6.45, 7) is 5.96. The van der Waals surface area contributed by atoms with E-state index in [1.54, 1.807) is 0 Å². The second-order valence-corrected chi connectivity index (χ2v) is 8.33. The largest absolute Gasteiger partial charge is 0.299 e. The molecule has 1 aromatic heterocycles. The van der Waals surface area contributed by atoms with Gasteiger partial charge in [0.15, 0.2) is 0 Å². The van der Waals surface area contributed by atoms with Gasteiger partial charge in [0.25, 0.3) is 0 Å². The first-order valence-electron chi connectivity index (χ1n) is 10.5. The lowest BCUT2D eigenvalue weighted by Crippen LogP contribution is -2.40. The molecular weight excluding hydrogens is 356 g/mol. The fourth-order valence-electron chi connectivity index (χ4n) is 4.85. The molecule has 0 N–H and O–H groups in total. The molecule has 28 heavy (non-hydrogen) atoms. The van der Waals surface area contributed by atoms with Gasteiger partial charge in [-0.25, -0.2) is 8.78 Å². The van der Waals surface area contributed by atoms with Crippen molar-refractivity contribution in [3.63, 3.8) is 0 Å². The van der Waals surface area contributed by atoms with E-state index >= 15 is 0 Å². The number of halogens is 2. The summed E-state index contributed by atoms with van der Waals surface area (Å²) in [6, 6.07) is 9.97. The van der Waals surface area contributed by atoms with Crippen molar-refractivity contribution in [2.75, 3.05) is 26.2 Å². The Labute approximate surface area is 166 Å². The van der Waals surface area contributed by atoms with Crippen molar-refractivity contribution in [1.82, 2.24) is 14.8 Å². The Bertz CT molecular complexity index is 731. The van der Waals surface area contributed by atoms with E-state index in [0.717, 1.165) is 61.9 Å². The molecule has 0 unspecified atom stereocenters. The summed E-state index contributed by atoms with van der Waals surface area (Å²) in [5.41, 5.74) is 1.89. The van der Waals surface area contributed by atoms with Crippen LogP contribution in [-0.4, -0.2) is 41.0 Å². The highest BCUT2D eigenvalue weighted by molar-refractivity contribution is 5.17. The number of aromatic nitrogens is 1. The molecule has 2 aliphatic rings. The van der Waals surface area contributed by atoms with Gasteiger partial charge < -0.3 is 0 Å². The first-order valence-corrected chi connectivity index (χ1v) is 10.5. The monoisotopic (exact) mass is 385 g/mol. The van der Waals surface area contributed by atoms with Crippen LogP contribution in [0.2, 0.25) is 0 Å². The summed E-state index contributed by atoms with van der Waals surface area (Å²) in [4.78, 5) is 9.30. The number of hydrogen-bond donors (Lipinski definition) is 0. The van der Waals surface area contributed by atoms with Crippen molar-refractivity contribution in [2.24, 2.45) is 11.8 Å². The van der Waals surface area contributed by atoms with Crippen molar-refractivity contribution >= 4 is 0 Å². The van der Waals surface area contributed by atoms with Gasteiger partial charge in [0.1, 0.15) is 11.6 Å². The molecule has 4 rings (SSSR count). The predicted molar refractivity (Wildman–Crippen MR) is 107 cm³/mol. The molecule has 2 aliphatic heterocycles. The van der Waals surface area contributed by atoms with Crippen LogP contribution in [0, 0.1) is 23.5 Å². The third-order valence-corrected chi connectivity index (χ3v) is 6.37. The van der Waals surface area contributed by atoms with Crippen LogP contribution < -0.4 is 0 Å². The summed E-state index contributed by atoms with van der Waals surface area (Å²) < 4.78 is 26.8. The Morgan fingerprint density at radius 3 is 1.89 bits per heavy atom. The maximum atomic E-state index is 13.4. The van der Waals surface area contributed by atoms with Crippen molar-refractivity contribution < 1.29 is 8.78 Å². The maximum absolute atomic E-state index is 13.4. The molecule has 1 aromatic carbocycles. The normalized spacial score (nSPS) is 20.5. The minimum absolute atomic E-state index is 0.484. The third kappa shape index (κ3) is 5.15. The van der Waals surface area contributed by atoms with Crippen LogP contribution in [0.4, 0.5) is 8.78 Å². The molecule has 3 heterocycles. The van der Waals surface area contributed by atoms with Crippen molar-refractivity contribution in [3.8, 4) is 0 Å². The minimum atomic E-state index is -0.484. The minimum Gasteiger partial charge on any atom is -0.299 e. The van der Waals surface area contributed by atoms with Crippen LogP contribution in [0.5, 0.6) is 0 Å². The van der Waals surface area contributed by atoms with Gasteiger partial charge in [0.05, 0.1) is 5.69 Å². The second-order valence-electron chi connectivity index (χ2n) is 8.33. The van der Waals surface area contributed by atoms with Crippen LogP contribution in [0.1, 0.15) is 36.9 Å². The van der Waals surface area contributed by atoms with Crippen molar-refractivity contribution in [1.29, 1.82) is 0 Å². The topological polar surface area (TPSA) is 19.4 Å². The summed E-state index contributed by atoms with van der Waals surface area (Å²) in [5, 5.41) is 0. The van der Waals surface area contributed by atoms with Gasteiger partial charge in [0, 0.05) is 25.4 Å². The molecular formula is C23H29F2N3. The van der Waals surface area contributed by atoms with Gasteiger partial charge in [-0.2, -0.15) is 0 Å². The standard InChI is InChI=1S/C23H29F2N3/c24-21-13-18(14-22(25)15-21)16-27-9-4-19(5-10-27)20-6-11-28(12-7-20)17-23-3-1-2-8-26-23/h1-3,8,13-15,19-20H,4-7,9-12,16-17H2. The zero-order valence-corrected chi connectivity index (χ0v) is 16.4. The van der Waals surface area contributed by atoms with E-state index < -0.39 is 11.6 Å². The van der Waals surface area contributed by atoms with Crippen LogP contribution in [0.15, 0.2) is 42.6 Å². The number of piperidine rings is 2. The van der Waals surface area contributed by atoms with Crippen LogP contribution in [-0.2, 0) is 13.1 Å². The first-order chi connectivity index (χ1) is 13.7. The Balaban J connectivity index is 1.21. The van der Waals surface area contributed by atoms with Gasteiger partial charge in [-0.1, -0.05) is 6.07 Å². The van der Waals surface area contributed by atoms with E-state index in [1.807, 2.05) is 12.3 Å². The fourth-order valence-corrected chi connectivity index (χ4v) is 4.85. The molecule has 0 atom stereocenters.